The van der Waals surface area contributed by atoms with Crippen LogP contribution in [-0.2, 0) is 21.6 Å². The molecule has 0 aromatic heterocycles. The molecule has 2 aromatic carbocycles. The van der Waals surface area contributed by atoms with Crippen LogP contribution in [0.4, 0.5) is 0 Å². The molecule has 2 aliphatic rings. The molecular formula is C30H39ClN2O3. The lowest BCUT2D eigenvalue weighted by molar-refractivity contribution is -0.158. The average molecular weight is 511 g/mol. The summed E-state index contributed by atoms with van der Waals surface area (Å²) in [5.41, 5.74) is 0.511. The van der Waals surface area contributed by atoms with Gasteiger partial charge in [0.1, 0.15) is 0 Å². The van der Waals surface area contributed by atoms with Gasteiger partial charge in [-0.2, -0.15) is 0 Å². The van der Waals surface area contributed by atoms with Crippen LogP contribution in [0.25, 0.3) is 0 Å². The Morgan fingerprint density at radius 1 is 1.06 bits per heavy atom. The number of likely N-dealkylation sites (tertiary alicyclic amines) is 1. The van der Waals surface area contributed by atoms with Gasteiger partial charge in [0, 0.05) is 36.0 Å². The molecule has 1 heterocycles. The summed E-state index contributed by atoms with van der Waals surface area (Å²) in [5.74, 6) is -0.0587. The van der Waals surface area contributed by atoms with E-state index in [1.54, 1.807) is 12.1 Å². The molecule has 0 radical (unpaired) electrons. The summed E-state index contributed by atoms with van der Waals surface area (Å²) in [6, 6.07) is 17.5. The van der Waals surface area contributed by atoms with E-state index < -0.39 is 11.0 Å². The first-order valence-electron chi connectivity index (χ1n) is 13.3. The Kier molecular flexibility index (Phi) is 8.41. The van der Waals surface area contributed by atoms with Crippen LogP contribution in [0.1, 0.15) is 69.9 Å². The second-order valence-corrected chi connectivity index (χ2v) is 11.6. The molecule has 2 fully saturated rings. The van der Waals surface area contributed by atoms with Gasteiger partial charge < -0.3 is 15.3 Å². The normalized spacial score (nSPS) is 25.8. The fourth-order valence-electron chi connectivity index (χ4n) is 5.98. The topological polar surface area (TPSA) is 69.6 Å². The first-order chi connectivity index (χ1) is 17.2. The number of halogens is 1. The van der Waals surface area contributed by atoms with E-state index in [4.69, 9.17) is 11.6 Å². The maximum atomic E-state index is 13.7. The van der Waals surface area contributed by atoms with Crippen LogP contribution in [0.5, 0.6) is 0 Å². The Hall–Kier alpha value is -2.37. The van der Waals surface area contributed by atoms with Crippen LogP contribution < -0.4 is 5.32 Å². The monoisotopic (exact) mass is 510 g/mol. The van der Waals surface area contributed by atoms with Gasteiger partial charge in [-0.05, 0) is 55.4 Å². The highest BCUT2D eigenvalue weighted by Crippen LogP contribution is 2.46. The van der Waals surface area contributed by atoms with Crippen molar-refractivity contribution in [2.45, 2.75) is 76.9 Å². The van der Waals surface area contributed by atoms with Crippen molar-refractivity contribution in [3.8, 4) is 0 Å². The number of hydrogen-bond acceptors (Lipinski definition) is 3. The smallest absolute Gasteiger partial charge is 0.227 e. The molecule has 4 rings (SSSR count). The Balaban J connectivity index is 1.36. The van der Waals surface area contributed by atoms with Gasteiger partial charge in [0.15, 0.2) is 0 Å². The van der Waals surface area contributed by atoms with Crippen molar-refractivity contribution in [3.05, 3.63) is 70.7 Å². The molecule has 194 valence electrons. The highest BCUT2D eigenvalue weighted by Gasteiger charge is 2.50. The Labute approximate surface area is 220 Å². The summed E-state index contributed by atoms with van der Waals surface area (Å²) >= 11 is 6.06. The Morgan fingerprint density at radius 2 is 1.75 bits per heavy atom. The summed E-state index contributed by atoms with van der Waals surface area (Å²) in [6.07, 6.45) is 6.28. The van der Waals surface area contributed by atoms with Crippen molar-refractivity contribution in [3.63, 3.8) is 0 Å². The van der Waals surface area contributed by atoms with Gasteiger partial charge in [-0.1, -0.05) is 80.8 Å². The third-order valence-electron chi connectivity index (χ3n) is 8.22. The van der Waals surface area contributed by atoms with Crippen LogP contribution in [0, 0.1) is 11.3 Å². The summed E-state index contributed by atoms with van der Waals surface area (Å²) < 4.78 is 0. The zero-order chi connectivity index (χ0) is 25.8. The highest BCUT2D eigenvalue weighted by molar-refractivity contribution is 6.30. The maximum absolute atomic E-state index is 13.7. The van der Waals surface area contributed by atoms with Crippen molar-refractivity contribution in [2.75, 3.05) is 13.1 Å². The van der Waals surface area contributed by atoms with Gasteiger partial charge >= 0.3 is 0 Å². The number of aryl methyl sites for hydroxylation is 1. The minimum Gasteiger partial charge on any atom is -0.384 e. The van der Waals surface area contributed by atoms with Crippen molar-refractivity contribution < 1.29 is 14.7 Å². The number of nitrogens with one attached hydrogen (secondary N) is 1. The molecule has 2 aromatic rings. The van der Waals surface area contributed by atoms with E-state index in [1.807, 2.05) is 49.1 Å². The number of aliphatic hydroxyl groups is 1. The van der Waals surface area contributed by atoms with Gasteiger partial charge in [-0.25, -0.2) is 0 Å². The number of carbonyl (C=O) groups excluding carboxylic acids is 2. The molecule has 1 aliphatic heterocycles. The third-order valence-corrected chi connectivity index (χ3v) is 8.48. The maximum Gasteiger partial charge on any atom is 0.227 e. The summed E-state index contributed by atoms with van der Waals surface area (Å²) in [5, 5.41) is 15.5. The average Bonchev–Trinajstić information content (AvgIpc) is 2.86. The first-order valence-corrected chi connectivity index (χ1v) is 13.7. The van der Waals surface area contributed by atoms with Gasteiger partial charge in [0.05, 0.1) is 11.5 Å². The number of amides is 2. The Bertz CT molecular complexity index is 1040. The molecule has 1 aliphatic carbocycles. The predicted octanol–water partition coefficient (Wildman–Crippen LogP) is 5.48. The second-order valence-electron chi connectivity index (χ2n) is 11.2. The molecule has 1 saturated carbocycles. The lowest BCUT2D eigenvalue weighted by Gasteiger charge is -2.51. The van der Waals surface area contributed by atoms with Crippen molar-refractivity contribution in [1.29, 1.82) is 0 Å². The molecule has 0 spiro atoms. The number of carbonyl (C=O) groups is 2. The molecular weight excluding hydrogens is 472 g/mol. The molecule has 5 nitrogen and oxygen atoms in total. The Morgan fingerprint density at radius 3 is 2.44 bits per heavy atom. The summed E-state index contributed by atoms with van der Waals surface area (Å²) in [7, 11) is 0. The second kappa shape index (κ2) is 11.4. The number of hydrogen-bond donors (Lipinski definition) is 2. The molecule has 0 bridgehead atoms. The van der Waals surface area contributed by atoms with Gasteiger partial charge in [0.25, 0.3) is 0 Å². The van der Waals surface area contributed by atoms with E-state index in [-0.39, 0.29) is 23.8 Å². The van der Waals surface area contributed by atoms with E-state index in [0.717, 1.165) is 44.1 Å². The number of rotatable bonds is 7. The number of benzene rings is 2. The zero-order valence-corrected chi connectivity index (χ0v) is 22.3. The van der Waals surface area contributed by atoms with Gasteiger partial charge in [0.2, 0.25) is 11.8 Å². The largest absolute Gasteiger partial charge is 0.384 e. The van der Waals surface area contributed by atoms with Crippen LogP contribution in [0.2, 0.25) is 5.02 Å². The molecule has 36 heavy (non-hydrogen) atoms. The first kappa shape index (κ1) is 26.7. The minimum atomic E-state index is -1.03. The third kappa shape index (κ3) is 5.95. The fourth-order valence-corrected chi connectivity index (χ4v) is 6.11. The predicted molar refractivity (Wildman–Crippen MR) is 144 cm³/mol. The van der Waals surface area contributed by atoms with Crippen LogP contribution in [0.15, 0.2) is 54.6 Å². The van der Waals surface area contributed by atoms with Crippen LogP contribution >= 0.6 is 11.6 Å². The van der Waals surface area contributed by atoms with Crippen molar-refractivity contribution >= 4 is 23.4 Å². The summed E-state index contributed by atoms with van der Waals surface area (Å²) in [4.78, 5) is 28.3. The van der Waals surface area contributed by atoms with Crippen molar-refractivity contribution in [2.24, 2.45) is 11.3 Å². The number of nitrogens with zero attached hydrogens (tertiary/aromatic N) is 1. The molecule has 1 saturated heterocycles. The SMILES string of the molecule is CC1(C)CN(C(=O)[C@H]2CCCC[C@H]2NC(=O)CCCc2ccccc2)CC[C@]1(O)c1ccc(Cl)cc1. The fraction of sp³-hybridized carbons (Fsp3) is 0.533. The van der Waals surface area contributed by atoms with E-state index in [1.165, 1.54) is 5.56 Å². The lowest BCUT2D eigenvalue weighted by atomic mass is 9.66. The molecule has 6 heteroatoms. The molecule has 2 amide bonds. The van der Waals surface area contributed by atoms with Crippen LogP contribution in [0.3, 0.4) is 0 Å². The minimum absolute atomic E-state index is 0.0340. The van der Waals surface area contributed by atoms with E-state index >= 15 is 0 Å². The standard InChI is InChI=1S/C30H39ClN2O3/c1-29(2)21-33(20-19-30(29,36)23-15-17-24(31)18-16-23)28(35)25-12-6-7-13-26(25)32-27(34)14-8-11-22-9-4-3-5-10-22/h3-5,9-10,15-18,25-26,36H,6-8,11-14,19-21H2,1-2H3,(H,32,34)/t25-,26+,30-/m0/s1. The summed E-state index contributed by atoms with van der Waals surface area (Å²) in [6.45, 7) is 5.01. The molecule has 0 unspecified atom stereocenters. The highest BCUT2D eigenvalue weighted by atomic mass is 35.5. The van der Waals surface area contributed by atoms with Crippen molar-refractivity contribution in [1.82, 2.24) is 10.2 Å². The quantitative estimate of drug-likeness (QED) is 0.518. The van der Waals surface area contributed by atoms with E-state index in [0.29, 0.717) is 31.0 Å². The zero-order valence-electron chi connectivity index (χ0n) is 21.5. The van der Waals surface area contributed by atoms with Crippen LogP contribution in [-0.4, -0.2) is 41.0 Å². The number of piperidine rings is 1. The molecule has 2 N–H and O–H groups in total. The van der Waals surface area contributed by atoms with Gasteiger partial charge in [-0.3, -0.25) is 9.59 Å². The van der Waals surface area contributed by atoms with E-state index in [9.17, 15) is 14.7 Å². The van der Waals surface area contributed by atoms with Gasteiger partial charge in [-0.15, -0.1) is 0 Å². The lowest BCUT2D eigenvalue weighted by Crippen LogP contribution is -2.59. The molecule has 3 atom stereocenters. The van der Waals surface area contributed by atoms with E-state index in [2.05, 4.69) is 17.4 Å².